The van der Waals surface area contributed by atoms with E-state index in [4.69, 9.17) is 11.6 Å². The van der Waals surface area contributed by atoms with Crippen molar-refractivity contribution < 1.29 is 0 Å². The summed E-state index contributed by atoms with van der Waals surface area (Å²) in [6.45, 7) is 6.20. The van der Waals surface area contributed by atoms with Gasteiger partial charge in [0.05, 0.1) is 0 Å². The highest BCUT2D eigenvalue weighted by atomic mass is 35.5. The van der Waals surface area contributed by atoms with Crippen LogP contribution in [0.4, 0.5) is 0 Å². The molecule has 1 fully saturated rings. The molecule has 1 heterocycles. The highest BCUT2D eigenvalue weighted by Gasteiger charge is 2.16. The third-order valence-corrected chi connectivity index (χ3v) is 5.34. The second kappa shape index (κ2) is 9.94. The predicted octanol–water partition coefficient (Wildman–Crippen LogP) is 5.37. The fourth-order valence-corrected chi connectivity index (χ4v) is 3.59. The molecular formula is C16H25Cl2NS. The quantitative estimate of drug-likeness (QED) is 0.508. The standard InChI is InChI=1S/C16H24ClNS.ClH/c1-2-14-8-11-18(12-9-14)10-3-13-19-16-6-4-15(17)5-7-16;/h4-7,14H,2-3,8-13H2,1H3;1H. The Hall–Kier alpha value is 0.110. The van der Waals surface area contributed by atoms with Crippen molar-refractivity contribution in [3.63, 3.8) is 0 Å². The summed E-state index contributed by atoms with van der Waals surface area (Å²) in [6.07, 6.45) is 5.45. The van der Waals surface area contributed by atoms with Gasteiger partial charge in [0.1, 0.15) is 0 Å². The van der Waals surface area contributed by atoms with E-state index in [0.717, 1.165) is 10.9 Å². The van der Waals surface area contributed by atoms with Crippen molar-refractivity contribution in [3.05, 3.63) is 29.3 Å². The van der Waals surface area contributed by atoms with Crippen molar-refractivity contribution in [1.29, 1.82) is 0 Å². The maximum absolute atomic E-state index is 5.88. The van der Waals surface area contributed by atoms with Crippen LogP contribution in [0, 0.1) is 5.92 Å². The molecule has 0 aliphatic carbocycles. The van der Waals surface area contributed by atoms with Crippen molar-refractivity contribution in [2.24, 2.45) is 5.92 Å². The maximum Gasteiger partial charge on any atom is 0.0406 e. The van der Waals surface area contributed by atoms with Gasteiger partial charge in [0.15, 0.2) is 0 Å². The maximum atomic E-state index is 5.88. The number of likely N-dealkylation sites (tertiary alicyclic amines) is 1. The van der Waals surface area contributed by atoms with Gasteiger partial charge in [-0.05, 0) is 74.8 Å². The molecule has 1 aromatic rings. The van der Waals surface area contributed by atoms with Gasteiger partial charge in [-0.2, -0.15) is 0 Å². The lowest BCUT2D eigenvalue weighted by Gasteiger charge is -2.31. The van der Waals surface area contributed by atoms with Gasteiger partial charge in [0.25, 0.3) is 0 Å². The Morgan fingerprint density at radius 1 is 1.20 bits per heavy atom. The smallest absolute Gasteiger partial charge is 0.0406 e. The van der Waals surface area contributed by atoms with E-state index in [1.54, 1.807) is 0 Å². The molecule has 114 valence electrons. The van der Waals surface area contributed by atoms with Crippen molar-refractivity contribution in [2.45, 2.75) is 37.5 Å². The lowest BCUT2D eigenvalue weighted by atomic mass is 9.94. The molecule has 4 heteroatoms. The number of halogens is 2. The second-order valence-corrected chi connectivity index (χ2v) is 6.95. The van der Waals surface area contributed by atoms with Crippen LogP contribution in [-0.2, 0) is 0 Å². The van der Waals surface area contributed by atoms with Crippen LogP contribution in [0.1, 0.15) is 32.6 Å². The Labute approximate surface area is 138 Å². The molecule has 20 heavy (non-hydrogen) atoms. The molecule has 2 rings (SSSR count). The number of nitrogens with zero attached hydrogens (tertiary/aromatic N) is 1. The Morgan fingerprint density at radius 2 is 1.85 bits per heavy atom. The zero-order valence-corrected chi connectivity index (χ0v) is 14.6. The highest BCUT2D eigenvalue weighted by Crippen LogP contribution is 2.22. The Balaban J connectivity index is 0.00000200. The highest BCUT2D eigenvalue weighted by molar-refractivity contribution is 7.99. The SMILES string of the molecule is CCC1CCN(CCCSc2ccc(Cl)cc2)CC1.Cl. The van der Waals surface area contributed by atoms with Crippen LogP contribution in [0.25, 0.3) is 0 Å². The third-order valence-electron chi connectivity index (χ3n) is 3.99. The van der Waals surface area contributed by atoms with E-state index in [1.807, 2.05) is 23.9 Å². The van der Waals surface area contributed by atoms with Crippen molar-refractivity contribution >= 4 is 35.8 Å². The molecule has 1 nitrogen and oxygen atoms in total. The molecule has 1 aliphatic rings. The summed E-state index contributed by atoms with van der Waals surface area (Å²) in [6, 6.07) is 8.16. The van der Waals surface area contributed by atoms with Gasteiger partial charge in [-0.1, -0.05) is 24.9 Å². The van der Waals surface area contributed by atoms with Crippen LogP contribution >= 0.6 is 35.8 Å². The molecule has 0 bridgehead atoms. The Morgan fingerprint density at radius 3 is 2.45 bits per heavy atom. The first-order valence-electron chi connectivity index (χ1n) is 7.38. The van der Waals surface area contributed by atoms with E-state index in [1.165, 1.54) is 56.0 Å². The van der Waals surface area contributed by atoms with E-state index < -0.39 is 0 Å². The van der Waals surface area contributed by atoms with Crippen LogP contribution < -0.4 is 0 Å². The van der Waals surface area contributed by atoms with Gasteiger partial charge in [-0.15, -0.1) is 24.2 Å². The predicted molar refractivity (Wildman–Crippen MR) is 93.5 cm³/mol. The van der Waals surface area contributed by atoms with Gasteiger partial charge in [-0.3, -0.25) is 0 Å². The molecule has 1 aromatic carbocycles. The number of benzene rings is 1. The van der Waals surface area contributed by atoms with Gasteiger partial charge >= 0.3 is 0 Å². The minimum atomic E-state index is 0. The molecule has 0 spiro atoms. The average Bonchev–Trinajstić information content (AvgIpc) is 2.46. The number of piperidine rings is 1. The average molecular weight is 334 g/mol. The van der Waals surface area contributed by atoms with Gasteiger partial charge < -0.3 is 4.90 Å². The number of hydrogen-bond donors (Lipinski definition) is 0. The van der Waals surface area contributed by atoms with E-state index in [9.17, 15) is 0 Å². The third kappa shape index (κ3) is 6.26. The lowest BCUT2D eigenvalue weighted by Crippen LogP contribution is -2.34. The molecule has 0 saturated carbocycles. The molecule has 0 aromatic heterocycles. The van der Waals surface area contributed by atoms with Crippen LogP contribution in [-0.4, -0.2) is 30.3 Å². The first kappa shape index (κ1) is 18.2. The zero-order chi connectivity index (χ0) is 13.5. The van der Waals surface area contributed by atoms with E-state index in [2.05, 4.69) is 24.0 Å². The van der Waals surface area contributed by atoms with Crippen LogP contribution in [0.15, 0.2) is 29.2 Å². The molecule has 0 N–H and O–H groups in total. The molecule has 1 saturated heterocycles. The molecular weight excluding hydrogens is 309 g/mol. The van der Waals surface area contributed by atoms with Gasteiger partial charge in [0.2, 0.25) is 0 Å². The summed E-state index contributed by atoms with van der Waals surface area (Å²) < 4.78 is 0. The fraction of sp³-hybridized carbons (Fsp3) is 0.625. The molecule has 1 aliphatic heterocycles. The summed E-state index contributed by atoms with van der Waals surface area (Å²) >= 11 is 7.82. The zero-order valence-electron chi connectivity index (χ0n) is 12.2. The summed E-state index contributed by atoms with van der Waals surface area (Å²) in [5, 5.41) is 0.822. The summed E-state index contributed by atoms with van der Waals surface area (Å²) in [5.74, 6) is 2.19. The first-order chi connectivity index (χ1) is 9.28. The van der Waals surface area contributed by atoms with Crippen LogP contribution in [0.2, 0.25) is 5.02 Å². The summed E-state index contributed by atoms with van der Waals surface area (Å²) in [5.41, 5.74) is 0. The second-order valence-electron chi connectivity index (χ2n) is 5.35. The Kier molecular flexibility index (Phi) is 9.03. The summed E-state index contributed by atoms with van der Waals surface area (Å²) in [7, 11) is 0. The van der Waals surface area contributed by atoms with E-state index in [-0.39, 0.29) is 12.4 Å². The number of hydrogen-bond acceptors (Lipinski definition) is 2. The Bertz CT molecular complexity index is 361. The van der Waals surface area contributed by atoms with E-state index in [0.29, 0.717) is 0 Å². The van der Waals surface area contributed by atoms with Crippen LogP contribution in [0.5, 0.6) is 0 Å². The molecule has 0 atom stereocenters. The minimum Gasteiger partial charge on any atom is -0.303 e. The normalized spacial score (nSPS) is 16.9. The van der Waals surface area contributed by atoms with Crippen molar-refractivity contribution in [1.82, 2.24) is 4.90 Å². The molecule has 0 unspecified atom stereocenters. The largest absolute Gasteiger partial charge is 0.303 e. The van der Waals surface area contributed by atoms with E-state index >= 15 is 0 Å². The monoisotopic (exact) mass is 333 g/mol. The van der Waals surface area contributed by atoms with Gasteiger partial charge in [0, 0.05) is 9.92 Å². The number of thioether (sulfide) groups is 1. The fourth-order valence-electron chi connectivity index (χ4n) is 2.63. The van der Waals surface area contributed by atoms with Crippen LogP contribution in [0.3, 0.4) is 0 Å². The summed E-state index contributed by atoms with van der Waals surface area (Å²) in [4.78, 5) is 3.96. The molecule has 0 amide bonds. The first-order valence-corrected chi connectivity index (χ1v) is 8.75. The topological polar surface area (TPSA) is 3.24 Å². The van der Waals surface area contributed by atoms with Crippen molar-refractivity contribution in [3.8, 4) is 0 Å². The number of rotatable bonds is 6. The molecule has 0 radical (unpaired) electrons. The van der Waals surface area contributed by atoms with Crippen molar-refractivity contribution in [2.75, 3.05) is 25.4 Å². The van der Waals surface area contributed by atoms with Gasteiger partial charge in [-0.25, -0.2) is 0 Å². The minimum absolute atomic E-state index is 0. The lowest BCUT2D eigenvalue weighted by molar-refractivity contribution is 0.182.